The number of carboxylic acids is 1. The summed E-state index contributed by atoms with van der Waals surface area (Å²) in [5.74, 6) is -1.44. The van der Waals surface area contributed by atoms with Crippen molar-refractivity contribution in [1.82, 2.24) is 5.32 Å². The molecule has 2 amide bonds. The van der Waals surface area contributed by atoms with Crippen LogP contribution in [0.5, 0.6) is 11.5 Å². The molecule has 0 saturated carbocycles. The van der Waals surface area contributed by atoms with Gasteiger partial charge in [0.1, 0.15) is 18.1 Å². The fraction of sp³-hybridized carbons (Fsp3) is 0.125. The van der Waals surface area contributed by atoms with Crippen molar-refractivity contribution < 1.29 is 34.4 Å². The normalized spacial score (nSPS) is 10.4. The summed E-state index contributed by atoms with van der Waals surface area (Å²) in [7, 11) is 1.39. The monoisotopic (exact) mass is 450 g/mol. The molecule has 33 heavy (non-hydrogen) atoms. The van der Waals surface area contributed by atoms with Crippen LogP contribution in [0.1, 0.15) is 42.2 Å². The number of aryl methyl sites for hydroxylation is 1. The van der Waals surface area contributed by atoms with Gasteiger partial charge in [0.2, 0.25) is 0 Å². The fourth-order valence-corrected chi connectivity index (χ4v) is 3.09. The number of carbonyl (C=O) groups is 3. The zero-order chi connectivity index (χ0) is 24.0. The maximum Gasteiger partial charge on any atom is 0.336 e. The van der Waals surface area contributed by atoms with Crippen LogP contribution in [-0.4, -0.2) is 35.2 Å². The van der Waals surface area contributed by atoms with Gasteiger partial charge >= 0.3 is 5.97 Å². The van der Waals surface area contributed by atoms with Crippen LogP contribution in [0.4, 0.5) is 5.69 Å². The van der Waals surface area contributed by atoms with Gasteiger partial charge in [0.25, 0.3) is 11.8 Å². The Labute approximate surface area is 189 Å². The molecule has 0 fully saturated rings. The van der Waals surface area contributed by atoms with E-state index < -0.39 is 24.4 Å². The highest BCUT2D eigenvalue weighted by Crippen LogP contribution is 2.25. The molecule has 0 aromatic heterocycles. The van der Waals surface area contributed by atoms with Crippen LogP contribution < -0.4 is 15.4 Å². The molecule has 3 aromatic rings. The van der Waals surface area contributed by atoms with E-state index in [9.17, 15) is 19.5 Å². The van der Waals surface area contributed by atoms with Gasteiger partial charge in [-0.3, -0.25) is 14.8 Å². The second kappa shape index (κ2) is 10.4. The lowest BCUT2D eigenvalue weighted by atomic mass is 9.97. The molecule has 0 bridgehead atoms. The number of ether oxygens (including phenoxy) is 1. The molecule has 0 aliphatic carbocycles. The molecule has 0 radical (unpaired) electrons. The molecular weight excluding hydrogens is 428 g/mol. The molecule has 0 saturated heterocycles. The zero-order valence-corrected chi connectivity index (χ0v) is 17.9. The Morgan fingerprint density at radius 3 is 2.00 bits per heavy atom. The standard InChI is InChI=1S/C24H22N2O7/c1-14-3-7-17(8-4-14)33-18-9-5-16(6-10-18)26-23(28)20-12-19(22(27)25-2)15(13-32-31)11-21(20)24(29)30/h3-12,31H,13H2,1-2H3,(H,25,27)(H,26,28)(H,29,30). The summed E-state index contributed by atoms with van der Waals surface area (Å²) < 4.78 is 5.75. The predicted molar refractivity (Wildman–Crippen MR) is 120 cm³/mol. The number of benzene rings is 3. The molecule has 0 heterocycles. The first-order valence-corrected chi connectivity index (χ1v) is 9.87. The largest absolute Gasteiger partial charge is 0.478 e. The van der Waals surface area contributed by atoms with Crippen LogP contribution >= 0.6 is 0 Å². The van der Waals surface area contributed by atoms with Crippen molar-refractivity contribution >= 4 is 23.5 Å². The lowest BCUT2D eigenvalue weighted by Gasteiger charge is -2.14. The third-order valence-electron chi connectivity index (χ3n) is 4.78. The number of amides is 2. The van der Waals surface area contributed by atoms with E-state index in [-0.39, 0.29) is 22.3 Å². The topological polar surface area (TPSA) is 134 Å². The average Bonchev–Trinajstić information content (AvgIpc) is 2.81. The summed E-state index contributed by atoms with van der Waals surface area (Å²) in [6.07, 6.45) is 0. The highest BCUT2D eigenvalue weighted by atomic mass is 17.1. The summed E-state index contributed by atoms with van der Waals surface area (Å²) in [4.78, 5) is 40.8. The number of hydrogen-bond donors (Lipinski definition) is 4. The van der Waals surface area contributed by atoms with Crippen LogP contribution in [0.2, 0.25) is 0 Å². The Balaban J connectivity index is 1.84. The Kier molecular flexibility index (Phi) is 7.39. The van der Waals surface area contributed by atoms with Crippen molar-refractivity contribution in [3.8, 4) is 11.5 Å². The number of nitrogens with one attached hydrogen (secondary N) is 2. The second-order valence-electron chi connectivity index (χ2n) is 7.11. The quantitative estimate of drug-likeness (QED) is 0.300. The van der Waals surface area contributed by atoms with Gasteiger partial charge < -0.3 is 20.5 Å². The first-order chi connectivity index (χ1) is 15.8. The molecule has 0 aliphatic heterocycles. The Bertz CT molecular complexity index is 1170. The van der Waals surface area contributed by atoms with Gasteiger partial charge in [-0.15, -0.1) is 0 Å². The summed E-state index contributed by atoms with van der Waals surface area (Å²) in [6.45, 7) is 1.55. The van der Waals surface area contributed by atoms with E-state index in [1.165, 1.54) is 7.05 Å². The Hall–Kier alpha value is -4.21. The van der Waals surface area contributed by atoms with Crippen molar-refractivity contribution in [2.24, 2.45) is 0 Å². The minimum absolute atomic E-state index is 0.00328. The molecular formula is C24H22N2O7. The lowest BCUT2D eigenvalue weighted by molar-refractivity contribution is -0.253. The van der Waals surface area contributed by atoms with Gasteiger partial charge in [0.05, 0.1) is 11.1 Å². The minimum Gasteiger partial charge on any atom is -0.478 e. The summed E-state index contributed by atoms with van der Waals surface area (Å²) >= 11 is 0. The van der Waals surface area contributed by atoms with Crippen LogP contribution in [-0.2, 0) is 11.5 Å². The molecule has 0 atom stereocenters. The van der Waals surface area contributed by atoms with E-state index >= 15 is 0 Å². The third-order valence-corrected chi connectivity index (χ3v) is 4.78. The predicted octanol–water partition coefficient (Wildman–Crippen LogP) is 4.09. The smallest absolute Gasteiger partial charge is 0.336 e. The van der Waals surface area contributed by atoms with Gasteiger partial charge in [-0.25, -0.2) is 9.68 Å². The average molecular weight is 450 g/mol. The molecule has 0 spiro atoms. The lowest BCUT2D eigenvalue weighted by Crippen LogP contribution is -2.23. The maximum absolute atomic E-state index is 12.9. The molecule has 9 nitrogen and oxygen atoms in total. The summed E-state index contributed by atoms with van der Waals surface area (Å²) in [6, 6.07) is 16.3. The van der Waals surface area contributed by atoms with Crippen LogP contribution in [0.25, 0.3) is 0 Å². The van der Waals surface area contributed by atoms with E-state index in [2.05, 4.69) is 15.5 Å². The highest BCUT2D eigenvalue weighted by Gasteiger charge is 2.23. The van der Waals surface area contributed by atoms with Crippen molar-refractivity contribution in [2.75, 3.05) is 12.4 Å². The summed E-state index contributed by atoms with van der Waals surface area (Å²) in [5.41, 5.74) is 1.07. The van der Waals surface area contributed by atoms with E-state index in [0.717, 1.165) is 17.7 Å². The first kappa shape index (κ1) is 23.5. The number of carbonyl (C=O) groups excluding carboxylic acids is 2. The number of carboxylic acid groups (broad SMARTS) is 1. The first-order valence-electron chi connectivity index (χ1n) is 9.87. The van der Waals surface area contributed by atoms with Gasteiger partial charge in [0, 0.05) is 18.3 Å². The van der Waals surface area contributed by atoms with Crippen molar-refractivity contribution in [1.29, 1.82) is 0 Å². The zero-order valence-electron chi connectivity index (χ0n) is 17.9. The number of anilines is 1. The Morgan fingerprint density at radius 2 is 1.45 bits per heavy atom. The molecule has 0 unspecified atom stereocenters. The molecule has 9 heteroatoms. The minimum atomic E-state index is -1.37. The van der Waals surface area contributed by atoms with Gasteiger partial charge in [0.15, 0.2) is 0 Å². The SMILES string of the molecule is CNC(=O)c1cc(C(=O)Nc2ccc(Oc3ccc(C)cc3)cc2)c(C(=O)O)cc1COO. The van der Waals surface area contributed by atoms with E-state index in [0.29, 0.717) is 17.2 Å². The Morgan fingerprint density at radius 1 is 0.848 bits per heavy atom. The third kappa shape index (κ3) is 5.73. The van der Waals surface area contributed by atoms with Crippen LogP contribution in [0, 0.1) is 6.92 Å². The molecule has 3 aromatic carbocycles. The van der Waals surface area contributed by atoms with Gasteiger partial charge in [-0.2, -0.15) is 0 Å². The van der Waals surface area contributed by atoms with Crippen molar-refractivity contribution in [3.05, 3.63) is 88.5 Å². The fourth-order valence-electron chi connectivity index (χ4n) is 3.09. The number of aromatic carboxylic acids is 1. The molecule has 170 valence electrons. The van der Waals surface area contributed by atoms with E-state index in [1.807, 2.05) is 31.2 Å². The van der Waals surface area contributed by atoms with Crippen molar-refractivity contribution in [2.45, 2.75) is 13.5 Å². The number of hydrogen-bond acceptors (Lipinski definition) is 6. The van der Waals surface area contributed by atoms with E-state index in [1.54, 1.807) is 24.3 Å². The van der Waals surface area contributed by atoms with Gasteiger partial charge in [-0.1, -0.05) is 17.7 Å². The van der Waals surface area contributed by atoms with Crippen LogP contribution in [0.3, 0.4) is 0 Å². The summed E-state index contributed by atoms with van der Waals surface area (Å²) in [5, 5.41) is 23.3. The van der Waals surface area contributed by atoms with Crippen molar-refractivity contribution in [3.63, 3.8) is 0 Å². The molecule has 4 N–H and O–H groups in total. The number of rotatable bonds is 8. The second-order valence-corrected chi connectivity index (χ2v) is 7.11. The van der Waals surface area contributed by atoms with E-state index in [4.69, 9.17) is 9.99 Å². The highest BCUT2D eigenvalue weighted by molar-refractivity contribution is 6.12. The van der Waals surface area contributed by atoms with Gasteiger partial charge in [-0.05, 0) is 61.0 Å². The molecule has 0 aliphatic rings. The maximum atomic E-state index is 12.9. The van der Waals surface area contributed by atoms with Crippen LogP contribution in [0.15, 0.2) is 60.7 Å². The molecule has 3 rings (SSSR count).